The van der Waals surface area contributed by atoms with Crippen LogP contribution in [-0.2, 0) is 19.7 Å². The van der Waals surface area contributed by atoms with E-state index < -0.39 is 31.3 Å². The quantitative estimate of drug-likeness (QED) is 0.296. The second-order valence-corrected chi connectivity index (χ2v) is 18.5. The largest absolute Gasteiger partial charge is 0.385 e. The molecule has 0 bridgehead atoms. The van der Waals surface area contributed by atoms with Crippen molar-refractivity contribution in [2.24, 2.45) is 0 Å². The van der Waals surface area contributed by atoms with E-state index in [-0.39, 0.29) is 18.2 Å². The maximum absolute atomic E-state index is 14.5. The number of hydrogen-bond donors (Lipinski definition) is 1. The molecule has 3 aromatic rings. The Morgan fingerprint density at radius 3 is 2.39 bits per heavy atom. The van der Waals surface area contributed by atoms with E-state index in [0.29, 0.717) is 21.3 Å². The van der Waals surface area contributed by atoms with Gasteiger partial charge in [0.1, 0.15) is 11.2 Å². The summed E-state index contributed by atoms with van der Waals surface area (Å²) in [4.78, 5) is 28.9. The standard InChI is InChI=1S/C26H21Cl2FN2O2.C6H16OSi/c1-14-6-8-18(29)12-19(14)24-26(20-9-7-17(28)11-22(20)30-25(26)33)21(13-23(32)31(24)2)15-4-3-5-16(27)10-15;1-7-5-6-8(2,3)4/h3-12,21,24H,13H2,1-2H3,(H,30,33);5-6H2,1-4H3/t21-,24+,26-;/m0./s1. The second kappa shape index (κ2) is 12.3. The Morgan fingerprint density at radius 1 is 1.05 bits per heavy atom. The molecule has 3 atom stereocenters. The van der Waals surface area contributed by atoms with Gasteiger partial charge in [-0.3, -0.25) is 9.59 Å². The zero-order chi connectivity index (χ0) is 30.1. The Kier molecular flexibility index (Phi) is 9.34. The van der Waals surface area contributed by atoms with Crippen LogP contribution in [-0.4, -0.2) is 45.6 Å². The summed E-state index contributed by atoms with van der Waals surface area (Å²) in [6, 6.07) is 17.6. The fourth-order valence-electron chi connectivity index (χ4n) is 5.94. The van der Waals surface area contributed by atoms with Crippen molar-refractivity contribution in [1.29, 1.82) is 0 Å². The molecular weight excluding hydrogens is 578 g/mol. The van der Waals surface area contributed by atoms with Crippen LogP contribution in [0.2, 0.25) is 35.7 Å². The first-order chi connectivity index (χ1) is 19.3. The van der Waals surface area contributed by atoms with Crippen molar-refractivity contribution in [3.8, 4) is 0 Å². The molecule has 5 rings (SSSR count). The van der Waals surface area contributed by atoms with Gasteiger partial charge < -0.3 is 15.0 Å². The molecule has 41 heavy (non-hydrogen) atoms. The SMILES string of the molecule is COCC[Si](C)(C)C.Cc1ccc(F)cc1[C@H]1N(C)C(=O)C[C@@H](c2cccc(Cl)c2)[C@]12C(=O)Nc1cc(Cl)ccc12. The van der Waals surface area contributed by atoms with E-state index in [0.717, 1.165) is 23.3 Å². The highest BCUT2D eigenvalue weighted by atomic mass is 35.5. The number of hydrogen-bond acceptors (Lipinski definition) is 3. The highest BCUT2D eigenvalue weighted by Crippen LogP contribution is 2.60. The summed E-state index contributed by atoms with van der Waals surface area (Å²) in [7, 11) is 2.64. The van der Waals surface area contributed by atoms with Gasteiger partial charge in [0, 0.05) is 56.9 Å². The number of aryl methyl sites for hydroxylation is 1. The van der Waals surface area contributed by atoms with E-state index in [9.17, 15) is 14.0 Å². The molecule has 0 saturated carbocycles. The predicted octanol–water partition coefficient (Wildman–Crippen LogP) is 7.99. The topological polar surface area (TPSA) is 58.6 Å². The van der Waals surface area contributed by atoms with Crippen LogP contribution in [0, 0.1) is 12.7 Å². The lowest BCUT2D eigenvalue weighted by Gasteiger charge is -2.50. The number of carbonyl (C=O) groups is 2. The Morgan fingerprint density at radius 2 is 1.76 bits per heavy atom. The molecule has 1 fully saturated rings. The van der Waals surface area contributed by atoms with Crippen molar-refractivity contribution >= 4 is 48.8 Å². The lowest BCUT2D eigenvalue weighted by molar-refractivity contribution is -0.143. The van der Waals surface area contributed by atoms with Crippen LogP contribution in [0.4, 0.5) is 10.1 Å². The van der Waals surface area contributed by atoms with Crippen LogP contribution in [0.1, 0.15) is 40.6 Å². The van der Waals surface area contributed by atoms with E-state index in [4.69, 9.17) is 27.9 Å². The van der Waals surface area contributed by atoms with Gasteiger partial charge in [0.05, 0.1) is 6.04 Å². The summed E-state index contributed by atoms with van der Waals surface area (Å²) in [5.41, 5.74) is 2.29. The van der Waals surface area contributed by atoms with Crippen molar-refractivity contribution < 1.29 is 18.7 Å². The number of piperidine rings is 1. The van der Waals surface area contributed by atoms with E-state index in [2.05, 4.69) is 25.0 Å². The van der Waals surface area contributed by atoms with E-state index in [1.54, 1.807) is 49.4 Å². The molecule has 218 valence electrons. The summed E-state index contributed by atoms with van der Waals surface area (Å²) in [6.07, 6.45) is 0.108. The third kappa shape index (κ3) is 6.24. The molecule has 2 amide bonds. The maximum Gasteiger partial charge on any atom is 0.238 e. The van der Waals surface area contributed by atoms with E-state index in [1.807, 2.05) is 25.1 Å². The fourth-order valence-corrected chi connectivity index (χ4v) is 7.13. The lowest BCUT2D eigenvalue weighted by atomic mass is 9.58. The summed E-state index contributed by atoms with van der Waals surface area (Å²) < 4.78 is 19.4. The summed E-state index contributed by atoms with van der Waals surface area (Å²) >= 11 is 12.6. The van der Waals surface area contributed by atoms with Gasteiger partial charge in [-0.1, -0.05) is 67.1 Å². The molecular formula is C32H37Cl2FN2O3Si. The minimum absolute atomic E-state index is 0.108. The fraction of sp³-hybridized carbons (Fsp3) is 0.375. The number of nitrogens with one attached hydrogen (secondary N) is 1. The molecule has 1 N–H and O–H groups in total. The molecule has 5 nitrogen and oxygen atoms in total. The Balaban J connectivity index is 0.000000426. The summed E-state index contributed by atoms with van der Waals surface area (Å²) in [5.74, 6) is -1.33. The van der Waals surface area contributed by atoms with Crippen LogP contribution in [0.3, 0.4) is 0 Å². The van der Waals surface area contributed by atoms with E-state index >= 15 is 0 Å². The number of amides is 2. The number of halogens is 3. The predicted molar refractivity (Wildman–Crippen MR) is 167 cm³/mol. The average Bonchev–Trinajstić information content (AvgIpc) is 3.18. The highest BCUT2D eigenvalue weighted by Gasteiger charge is 2.63. The third-order valence-electron chi connectivity index (χ3n) is 8.03. The molecule has 2 aliphatic rings. The molecule has 2 aliphatic heterocycles. The molecule has 1 spiro atoms. The second-order valence-electron chi connectivity index (χ2n) is 12.0. The van der Waals surface area contributed by atoms with Crippen LogP contribution >= 0.6 is 23.2 Å². The van der Waals surface area contributed by atoms with Gasteiger partial charge in [0.2, 0.25) is 11.8 Å². The smallest absolute Gasteiger partial charge is 0.238 e. The number of fused-ring (bicyclic) bond motifs is 2. The van der Waals surface area contributed by atoms with Crippen LogP contribution in [0.5, 0.6) is 0 Å². The van der Waals surface area contributed by atoms with Crippen molar-refractivity contribution in [3.63, 3.8) is 0 Å². The van der Waals surface area contributed by atoms with Crippen molar-refractivity contribution in [2.75, 3.05) is 26.1 Å². The number of benzene rings is 3. The van der Waals surface area contributed by atoms with Crippen LogP contribution in [0.15, 0.2) is 60.7 Å². The summed E-state index contributed by atoms with van der Waals surface area (Å²) in [5, 5.41) is 4.00. The Bertz CT molecular complexity index is 1460. The Labute approximate surface area is 253 Å². The summed E-state index contributed by atoms with van der Waals surface area (Å²) in [6.45, 7) is 9.86. The number of methoxy groups -OCH3 is 1. The number of likely N-dealkylation sites (N-methyl/N-ethyl adjacent to an activating group) is 1. The maximum atomic E-state index is 14.5. The zero-order valence-corrected chi connectivity index (χ0v) is 26.9. The van der Waals surface area contributed by atoms with E-state index in [1.165, 1.54) is 18.2 Å². The first kappa shape index (κ1) is 31.2. The number of likely N-dealkylation sites (tertiary alicyclic amines) is 1. The number of nitrogens with zero attached hydrogens (tertiary/aromatic N) is 1. The molecule has 9 heteroatoms. The van der Waals surface area contributed by atoms with Gasteiger partial charge in [-0.15, -0.1) is 0 Å². The third-order valence-corrected chi connectivity index (χ3v) is 10.2. The molecule has 0 aliphatic carbocycles. The minimum atomic E-state index is -1.20. The monoisotopic (exact) mass is 614 g/mol. The molecule has 0 unspecified atom stereocenters. The molecule has 0 aromatic heterocycles. The van der Waals surface area contributed by atoms with Crippen molar-refractivity contribution in [2.45, 2.75) is 56.4 Å². The van der Waals surface area contributed by atoms with Gasteiger partial charge >= 0.3 is 0 Å². The van der Waals surface area contributed by atoms with Gasteiger partial charge in [0.15, 0.2) is 0 Å². The number of anilines is 1. The first-order valence-electron chi connectivity index (χ1n) is 13.7. The number of carbonyl (C=O) groups excluding carboxylic acids is 2. The van der Waals surface area contributed by atoms with Crippen LogP contribution in [0.25, 0.3) is 0 Å². The lowest BCUT2D eigenvalue weighted by Crippen LogP contribution is -2.57. The number of ether oxygens (including phenoxy) is 1. The normalized spacial score (nSPS) is 21.8. The number of rotatable bonds is 5. The van der Waals surface area contributed by atoms with Gasteiger partial charge in [-0.25, -0.2) is 4.39 Å². The van der Waals surface area contributed by atoms with Gasteiger partial charge in [0.25, 0.3) is 0 Å². The Hall–Kier alpha value is -2.71. The average molecular weight is 616 g/mol. The molecule has 0 radical (unpaired) electrons. The van der Waals surface area contributed by atoms with Crippen molar-refractivity contribution in [1.82, 2.24) is 4.90 Å². The first-order valence-corrected chi connectivity index (χ1v) is 18.1. The minimum Gasteiger partial charge on any atom is -0.385 e. The molecule has 3 aromatic carbocycles. The zero-order valence-electron chi connectivity index (χ0n) is 24.4. The highest BCUT2D eigenvalue weighted by molar-refractivity contribution is 6.76. The molecule has 1 saturated heterocycles. The van der Waals surface area contributed by atoms with Crippen LogP contribution < -0.4 is 5.32 Å². The van der Waals surface area contributed by atoms with Gasteiger partial charge in [-0.2, -0.15) is 0 Å². The van der Waals surface area contributed by atoms with Gasteiger partial charge in [-0.05, 0) is 71.6 Å². The van der Waals surface area contributed by atoms with Crippen molar-refractivity contribution in [3.05, 3.63) is 98.8 Å². The molecule has 2 heterocycles.